The molecule has 5 N–H and O–H groups in total. The number of carbonyl (C=O) groups is 3. The van der Waals surface area contributed by atoms with Gasteiger partial charge in [-0.25, -0.2) is 4.79 Å². The first-order valence-corrected chi connectivity index (χ1v) is 25.0. The molecule has 3 heterocycles. The van der Waals surface area contributed by atoms with Crippen molar-refractivity contribution in [1.82, 2.24) is 4.90 Å². The lowest BCUT2D eigenvalue weighted by Gasteiger charge is -2.58. The Kier molecular flexibility index (Phi) is 19.3. The number of esters is 1. The maximum Gasteiger partial charge on any atom is 0.329 e. The minimum absolute atomic E-state index is 0.000198. The zero-order valence-corrected chi connectivity index (χ0v) is 41.8. The minimum atomic E-state index is -2.43. The molecule has 2 aliphatic carbocycles. The van der Waals surface area contributed by atoms with Crippen molar-refractivity contribution in [3.05, 3.63) is 35.5 Å². The molecule has 0 aromatic heterocycles. The van der Waals surface area contributed by atoms with Gasteiger partial charge in [0.2, 0.25) is 5.79 Å². The molecule has 14 heteroatoms. The van der Waals surface area contributed by atoms with Gasteiger partial charge < -0.3 is 54.1 Å². The zero-order chi connectivity index (χ0) is 48.8. The monoisotopic (exact) mass is 932 g/mol. The van der Waals surface area contributed by atoms with Crippen LogP contribution in [0.2, 0.25) is 0 Å². The highest BCUT2D eigenvalue weighted by Gasteiger charge is 2.60. The molecule has 376 valence electrons. The fraction of sp³-hybridized carbons (Fsp3) is 0.827. The second-order valence-electron chi connectivity index (χ2n) is 21.3. The molecule has 0 aromatic rings. The van der Waals surface area contributed by atoms with Crippen molar-refractivity contribution in [3.63, 3.8) is 0 Å². The summed E-state index contributed by atoms with van der Waals surface area (Å²) >= 11 is 0. The number of carbonyl (C=O) groups excluding carboxylic acids is 3. The van der Waals surface area contributed by atoms with Gasteiger partial charge in [-0.3, -0.25) is 9.59 Å². The normalized spacial score (nSPS) is 46.6. The van der Waals surface area contributed by atoms with Crippen LogP contribution in [0.5, 0.6) is 0 Å². The van der Waals surface area contributed by atoms with Crippen LogP contribution in [-0.4, -0.2) is 143 Å². The molecule has 0 spiro atoms. The maximum absolute atomic E-state index is 15.0. The van der Waals surface area contributed by atoms with Gasteiger partial charge in [-0.1, -0.05) is 71.4 Å². The van der Waals surface area contributed by atoms with Crippen LogP contribution in [0.1, 0.15) is 132 Å². The Morgan fingerprint density at radius 1 is 0.758 bits per heavy atom. The maximum atomic E-state index is 15.0. The number of methoxy groups -OCH3 is 3. The average molecular weight is 932 g/mol. The Morgan fingerprint density at radius 2 is 1.47 bits per heavy atom. The lowest BCUT2D eigenvalue weighted by Crippen LogP contribution is -2.63. The van der Waals surface area contributed by atoms with Crippen LogP contribution in [0.25, 0.3) is 0 Å². The third-order valence-corrected chi connectivity index (χ3v) is 16.9. The van der Waals surface area contributed by atoms with E-state index in [1.54, 1.807) is 21.1 Å². The third-order valence-electron chi connectivity index (χ3n) is 16.9. The zero-order valence-electron chi connectivity index (χ0n) is 41.8. The number of allylic oxidation sites excluding steroid dienone is 5. The van der Waals surface area contributed by atoms with Crippen LogP contribution < -0.4 is 0 Å². The molecule has 2 saturated heterocycles. The number of ether oxygens (including phenoxy) is 5. The number of nitrogens with zero attached hydrogens (tertiary/aromatic N) is 1. The summed E-state index contributed by atoms with van der Waals surface area (Å²) in [4.78, 5) is 45.1. The molecule has 3 aliphatic heterocycles. The first-order valence-electron chi connectivity index (χ1n) is 25.0. The van der Waals surface area contributed by atoms with E-state index in [0.29, 0.717) is 64.2 Å². The van der Waals surface area contributed by atoms with Crippen LogP contribution in [0.4, 0.5) is 0 Å². The quantitative estimate of drug-likeness (QED) is 0.166. The number of fused-ring (bicyclic) bond motifs is 5. The van der Waals surface area contributed by atoms with E-state index in [0.717, 1.165) is 11.1 Å². The van der Waals surface area contributed by atoms with Crippen LogP contribution in [0.3, 0.4) is 0 Å². The van der Waals surface area contributed by atoms with Gasteiger partial charge in [0, 0.05) is 58.0 Å². The topological polar surface area (TPSA) is 202 Å². The summed E-state index contributed by atoms with van der Waals surface area (Å²) < 4.78 is 30.8. The lowest BCUT2D eigenvalue weighted by molar-refractivity contribution is -0.265. The van der Waals surface area contributed by atoms with Gasteiger partial charge in [-0.2, -0.15) is 0 Å². The van der Waals surface area contributed by atoms with Crippen molar-refractivity contribution in [1.29, 1.82) is 0 Å². The van der Waals surface area contributed by atoms with Crippen LogP contribution in [0, 0.1) is 46.8 Å². The van der Waals surface area contributed by atoms with Crippen LogP contribution >= 0.6 is 0 Å². The number of aliphatic hydroxyl groups excluding tert-OH is 4. The molecule has 2 saturated carbocycles. The summed E-state index contributed by atoms with van der Waals surface area (Å²) in [6.07, 6.45) is 5.20. The van der Waals surface area contributed by atoms with Crippen molar-refractivity contribution in [2.45, 2.75) is 199 Å². The molecule has 4 fully saturated rings. The number of aliphatic hydroxyl groups is 5. The summed E-state index contributed by atoms with van der Waals surface area (Å²) in [5.41, 5.74) is 0.709. The summed E-state index contributed by atoms with van der Waals surface area (Å²) in [5, 5.41) is 60.7. The summed E-state index contributed by atoms with van der Waals surface area (Å²) in [5.74, 6) is -8.19. The molecule has 5 rings (SSSR count). The number of ketones is 1. The predicted octanol–water partition coefficient (Wildman–Crippen LogP) is 5.84. The van der Waals surface area contributed by atoms with Crippen molar-refractivity contribution in [2.24, 2.45) is 46.8 Å². The largest absolute Gasteiger partial charge is 0.460 e. The number of amides is 1. The average Bonchev–Trinajstić information content (AvgIpc) is 3.29. The van der Waals surface area contributed by atoms with Crippen molar-refractivity contribution in [2.75, 3.05) is 27.9 Å². The fourth-order valence-electron chi connectivity index (χ4n) is 12.8. The van der Waals surface area contributed by atoms with Crippen LogP contribution in [-0.2, 0) is 38.1 Å². The van der Waals surface area contributed by atoms with Crippen molar-refractivity contribution < 1.29 is 63.6 Å². The van der Waals surface area contributed by atoms with Crippen molar-refractivity contribution >= 4 is 17.7 Å². The Morgan fingerprint density at radius 3 is 2.14 bits per heavy atom. The summed E-state index contributed by atoms with van der Waals surface area (Å²) in [7, 11) is 4.66. The predicted molar refractivity (Wildman–Crippen MR) is 250 cm³/mol. The second kappa shape index (κ2) is 23.4. The second-order valence-corrected chi connectivity index (χ2v) is 21.3. The Bertz CT molecular complexity index is 1730. The van der Waals surface area contributed by atoms with E-state index in [4.69, 9.17) is 23.7 Å². The number of Topliss-reactive ketones (excluding diaryl/α,β-unsaturated/α-hetero) is 1. The fourth-order valence-corrected chi connectivity index (χ4v) is 12.8. The van der Waals surface area contributed by atoms with Gasteiger partial charge >= 0.3 is 5.97 Å². The number of piperidine rings is 1. The Balaban J connectivity index is 1.73. The summed E-state index contributed by atoms with van der Waals surface area (Å²) in [6.45, 7) is 15.7. The molecule has 4 unspecified atom stereocenters. The molecule has 4 bridgehead atoms. The van der Waals surface area contributed by atoms with E-state index >= 15 is 0 Å². The lowest BCUT2D eigenvalue weighted by atomic mass is 9.50. The van der Waals surface area contributed by atoms with E-state index in [2.05, 4.69) is 19.9 Å². The van der Waals surface area contributed by atoms with Gasteiger partial charge in [-0.05, 0) is 113 Å². The molecule has 5 aliphatic rings. The standard InChI is InChI=1S/C52H85NO13/c1-29-15-14-16-30(2)24-35(7)51(37-19-21-40(54)44(26-37)63-10)36(8)43(28-41(55)31(3)25-33(5)45(56)46(64-11)47(51)57)65-50(60)39-17-12-13-22-53(39)49(59)48(58)52(61)34(6)18-20-38(66-52)27-42(62-9)32(4)23-29/h14-16,23,30-31,33-47,54-57,61H,12-13,17-22,24-28H2,1-11H3/b16-14+,29-15-,32-23+/t30-,31-,33?,34-,35-,36+,37-,38-,39-,40-,41?,42+,43+,44-,45-,46-,47?,51?,52-/m1/s1. The Labute approximate surface area is 394 Å². The van der Waals surface area contributed by atoms with E-state index < -0.39 is 108 Å². The molecular formula is C52H85NO13. The SMILES string of the molecule is CO[C@H]1C[C@H]2CC[C@@H](C)[C@@](O)(O2)C(=O)C(=O)N2CCCC[C@@H]2C(=O)O[C@H]2CC(O)[C@H](C)CC(C)[C@@H](O)[C@@H](OC)C(O)C([C@@H]3CC[C@@H](O)[C@H](OC)C3)([C@H](C)C[C@H](C)/C=C/C=C(C)\C=C\1C)[C@H]2C. The third kappa shape index (κ3) is 11.6. The Hall–Kier alpha value is -2.53. The minimum Gasteiger partial charge on any atom is -0.460 e. The molecule has 0 aromatic carbocycles. The number of hydrogen-bond acceptors (Lipinski definition) is 13. The van der Waals surface area contributed by atoms with E-state index in [1.807, 2.05) is 52.8 Å². The van der Waals surface area contributed by atoms with Gasteiger partial charge in [0.15, 0.2) is 0 Å². The van der Waals surface area contributed by atoms with Gasteiger partial charge in [0.25, 0.3) is 11.7 Å². The highest BCUT2D eigenvalue weighted by Crippen LogP contribution is 2.57. The highest BCUT2D eigenvalue weighted by molar-refractivity contribution is 6.39. The summed E-state index contributed by atoms with van der Waals surface area (Å²) in [6, 6.07) is -1.17. The number of rotatable bonds is 4. The van der Waals surface area contributed by atoms with E-state index in [-0.39, 0.29) is 43.1 Å². The first kappa shape index (κ1) is 54.4. The van der Waals surface area contributed by atoms with E-state index in [1.165, 1.54) is 12.0 Å². The molecule has 1 amide bonds. The van der Waals surface area contributed by atoms with Crippen LogP contribution in [0.15, 0.2) is 35.5 Å². The van der Waals surface area contributed by atoms with Gasteiger partial charge in [0.05, 0.1) is 42.7 Å². The molecule has 14 nitrogen and oxygen atoms in total. The molecule has 0 radical (unpaired) electrons. The molecule has 19 atom stereocenters. The highest BCUT2D eigenvalue weighted by atomic mass is 16.6. The number of hydrogen-bond donors (Lipinski definition) is 5. The van der Waals surface area contributed by atoms with E-state index in [9.17, 15) is 39.9 Å². The van der Waals surface area contributed by atoms with Gasteiger partial charge in [0.1, 0.15) is 18.2 Å². The molecule has 66 heavy (non-hydrogen) atoms. The smallest absolute Gasteiger partial charge is 0.329 e. The van der Waals surface area contributed by atoms with Gasteiger partial charge in [-0.15, -0.1) is 0 Å². The molecular weight excluding hydrogens is 847 g/mol. The van der Waals surface area contributed by atoms with Crippen molar-refractivity contribution in [3.8, 4) is 0 Å². The first-order chi connectivity index (χ1) is 31.1.